The van der Waals surface area contributed by atoms with Crippen molar-refractivity contribution in [2.75, 3.05) is 21.4 Å². The van der Waals surface area contributed by atoms with Gasteiger partial charge in [0.15, 0.2) is 23.0 Å². The number of anilines is 7. The molecule has 13 rings (SSSR count). The molecule has 0 spiro atoms. The molecule has 0 atom stereocenters. The van der Waals surface area contributed by atoms with Gasteiger partial charge in [-0.3, -0.25) is 9.47 Å². The van der Waals surface area contributed by atoms with Crippen LogP contribution in [0.15, 0.2) is 146 Å². The Balaban J connectivity index is 0.877. The lowest BCUT2D eigenvalue weighted by Crippen LogP contribution is -2.35. The number of aromatic nitrogens is 2. The van der Waals surface area contributed by atoms with E-state index in [0.29, 0.717) is 6.67 Å². The SMILES string of the molecule is CC(C)(C)c1ccnc(-n2c3ccccc3c3ccc(Oc4cccc(N5CN(c6cc7c8c(c6)Oc6cc(C(C)(C)C)cc9c6N8c6c(cc(C(C)(C)C)cc6C9(C)C)O7)c6ccccc65)c4)cc32)c1. The Labute approximate surface area is 416 Å². The zero-order valence-electron chi connectivity index (χ0n) is 42.5. The number of hydrogen-bond acceptors (Lipinski definition) is 7. The highest BCUT2D eigenvalue weighted by Crippen LogP contribution is 2.68. The van der Waals surface area contributed by atoms with Gasteiger partial charge in [0.05, 0.1) is 39.5 Å². The van der Waals surface area contributed by atoms with Gasteiger partial charge in [0.25, 0.3) is 0 Å². The van der Waals surface area contributed by atoms with Crippen LogP contribution in [0.2, 0.25) is 0 Å². The van der Waals surface area contributed by atoms with E-state index in [9.17, 15) is 0 Å². The fraction of sp³-hybridized carbons (Fsp3) is 0.254. The second-order valence-corrected chi connectivity index (χ2v) is 23.5. The number of fused-ring (bicyclic) bond motifs is 4. The van der Waals surface area contributed by atoms with Crippen LogP contribution in [0.4, 0.5) is 39.8 Å². The monoisotopic (exact) mass is 933 g/mol. The van der Waals surface area contributed by atoms with E-state index < -0.39 is 0 Å². The molecule has 8 nitrogen and oxygen atoms in total. The Morgan fingerprint density at radius 3 is 1.69 bits per heavy atom. The molecule has 0 fully saturated rings. The van der Waals surface area contributed by atoms with Gasteiger partial charge in [-0.2, -0.15) is 0 Å². The second-order valence-electron chi connectivity index (χ2n) is 23.5. The molecule has 0 saturated heterocycles. The maximum absolute atomic E-state index is 7.14. The second kappa shape index (κ2) is 14.7. The summed E-state index contributed by atoms with van der Waals surface area (Å²) in [4.78, 5) is 12.0. The molecule has 354 valence electrons. The molecule has 7 aromatic carbocycles. The van der Waals surface area contributed by atoms with Crippen LogP contribution in [0.5, 0.6) is 34.5 Å². The topological polar surface area (TPSA) is 55.2 Å². The standard InChI is InChI=1S/C63H59N5O3/c1-60(2,3)37-25-26-64-56(31-37)67-48-20-13-12-19-44(48)45-24-23-43(35-51(45)67)69-42-18-16-17-40(32-42)65-36-66(50-22-15-14-21-49(50)65)41-33-54-59-55(34-41)71-53-30-39(62(7,8)9)28-47-58(53)68(59)57-46(63(47,10)11)27-38(61(4,5)6)29-52(57)70-54/h12-35H,36H2,1-11H3. The maximum Gasteiger partial charge on any atom is 0.157 e. The Kier molecular flexibility index (Phi) is 8.95. The third-order valence-corrected chi connectivity index (χ3v) is 15.3. The third kappa shape index (κ3) is 6.59. The fourth-order valence-electron chi connectivity index (χ4n) is 11.2. The average molecular weight is 934 g/mol. The molecular formula is C63H59N5O3. The van der Waals surface area contributed by atoms with Gasteiger partial charge in [0.1, 0.15) is 29.7 Å². The van der Waals surface area contributed by atoms with Crippen molar-refractivity contribution in [3.8, 4) is 40.3 Å². The van der Waals surface area contributed by atoms with E-state index in [2.05, 4.69) is 229 Å². The number of nitrogens with zero attached hydrogens (tertiary/aromatic N) is 5. The van der Waals surface area contributed by atoms with Crippen LogP contribution in [0.3, 0.4) is 0 Å². The van der Waals surface area contributed by atoms with Gasteiger partial charge in [-0.05, 0) is 111 Å². The lowest BCUT2D eigenvalue weighted by molar-refractivity contribution is 0.434. The van der Waals surface area contributed by atoms with Crippen molar-refractivity contribution in [3.05, 3.63) is 174 Å². The van der Waals surface area contributed by atoms with Crippen LogP contribution in [0.1, 0.15) is 104 Å². The van der Waals surface area contributed by atoms with E-state index in [4.69, 9.17) is 19.2 Å². The summed E-state index contributed by atoms with van der Waals surface area (Å²) in [7, 11) is 0. The summed E-state index contributed by atoms with van der Waals surface area (Å²) in [6.45, 7) is 25.7. The molecule has 0 amide bonds. The van der Waals surface area contributed by atoms with E-state index in [1.165, 1.54) is 33.2 Å². The smallest absolute Gasteiger partial charge is 0.157 e. The quantitative estimate of drug-likeness (QED) is 0.170. The van der Waals surface area contributed by atoms with E-state index in [0.717, 1.165) is 96.5 Å². The van der Waals surface area contributed by atoms with Crippen molar-refractivity contribution in [1.29, 1.82) is 0 Å². The van der Waals surface area contributed by atoms with Gasteiger partial charge in [0.2, 0.25) is 0 Å². The zero-order valence-corrected chi connectivity index (χ0v) is 42.5. The molecule has 4 aliphatic rings. The molecule has 71 heavy (non-hydrogen) atoms. The normalized spacial score (nSPS) is 15.2. The molecule has 0 N–H and O–H groups in total. The molecule has 4 aliphatic heterocycles. The Morgan fingerprint density at radius 1 is 0.493 bits per heavy atom. The van der Waals surface area contributed by atoms with Crippen molar-refractivity contribution < 1.29 is 14.2 Å². The predicted octanol–water partition coefficient (Wildman–Crippen LogP) is 17.4. The minimum atomic E-state index is -0.300. The molecule has 8 heteroatoms. The summed E-state index contributed by atoms with van der Waals surface area (Å²) in [5.41, 5.74) is 15.3. The van der Waals surface area contributed by atoms with Crippen LogP contribution in [0.25, 0.3) is 27.6 Å². The number of para-hydroxylation sites is 3. The van der Waals surface area contributed by atoms with Crippen LogP contribution in [-0.2, 0) is 21.7 Å². The van der Waals surface area contributed by atoms with Gasteiger partial charge in [-0.1, -0.05) is 125 Å². The summed E-state index contributed by atoms with van der Waals surface area (Å²) >= 11 is 0. The maximum atomic E-state index is 7.14. The number of hydrogen-bond donors (Lipinski definition) is 0. The summed E-state index contributed by atoms with van der Waals surface area (Å²) in [6, 6.07) is 50.0. The highest BCUT2D eigenvalue weighted by atomic mass is 16.5. The third-order valence-electron chi connectivity index (χ3n) is 15.3. The summed E-state index contributed by atoms with van der Waals surface area (Å²) in [5.74, 6) is 5.69. The fourth-order valence-corrected chi connectivity index (χ4v) is 11.2. The molecule has 0 unspecified atom stereocenters. The van der Waals surface area contributed by atoms with Crippen molar-refractivity contribution in [2.24, 2.45) is 0 Å². The summed E-state index contributed by atoms with van der Waals surface area (Å²) in [6.07, 6.45) is 1.92. The van der Waals surface area contributed by atoms with E-state index in [1.807, 2.05) is 12.3 Å². The number of ether oxygens (including phenoxy) is 3. The van der Waals surface area contributed by atoms with Crippen LogP contribution >= 0.6 is 0 Å². The molecule has 0 saturated carbocycles. The van der Waals surface area contributed by atoms with Crippen LogP contribution in [0, 0.1) is 0 Å². The van der Waals surface area contributed by atoms with Crippen LogP contribution < -0.4 is 28.9 Å². The largest absolute Gasteiger partial charge is 0.457 e. The summed E-state index contributed by atoms with van der Waals surface area (Å²) < 4.78 is 23.3. The Hall–Kier alpha value is -7.71. The highest BCUT2D eigenvalue weighted by molar-refractivity contribution is 6.09. The van der Waals surface area contributed by atoms with Crippen LogP contribution in [-0.4, -0.2) is 16.2 Å². The molecule has 0 bridgehead atoms. The number of benzene rings is 7. The van der Waals surface area contributed by atoms with Crippen molar-refractivity contribution in [1.82, 2.24) is 9.55 Å². The van der Waals surface area contributed by atoms with Crippen molar-refractivity contribution in [2.45, 2.75) is 97.8 Å². The van der Waals surface area contributed by atoms with Gasteiger partial charge in [-0.15, -0.1) is 0 Å². The first-order chi connectivity index (χ1) is 33.8. The lowest BCUT2D eigenvalue weighted by atomic mass is 9.69. The minimum absolute atomic E-state index is 0.0179. The van der Waals surface area contributed by atoms with Crippen molar-refractivity contribution in [3.63, 3.8) is 0 Å². The highest BCUT2D eigenvalue weighted by Gasteiger charge is 2.48. The molecule has 6 heterocycles. The number of pyridine rings is 1. The Morgan fingerprint density at radius 2 is 1.06 bits per heavy atom. The van der Waals surface area contributed by atoms with E-state index >= 15 is 0 Å². The summed E-state index contributed by atoms with van der Waals surface area (Å²) in [5, 5.41) is 2.33. The molecule has 2 aromatic heterocycles. The zero-order chi connectivity index (χ0) is 49.1. The van der Waals surface area contributed by atoms with Gasteiger partial charge in [0, 0.05) is 52.3 Å². The molecule has 0 radical (unpaired) electrons. The van der Waals surface area contributed by atoms with E-state index in [1.54, 1.807) is 0 Å². The van der Waals surface area contributed by atoms with Gasteiger partial charge < -0.3 is 24.0 Å². The molecule has 0 aliphatic carbocycles. The minimum Gasteiger partial charge on any atom is -0.457 e. The molecule has 9 aromatic rings. The van der Waals surface area contributed by atoms with E-state index in [-0.39, 0.29) is 21.7 Å². The molecular weight excluding hydrogens is 875 g/mol. The average Bonchev–Trinajstić information content (AvgIpc) is 3.88. The first kappa shape index (κ1) is 43.3. The lowest BCUT2D eigenvalue weighted by Gasteiger charge is -2.48. The van der Waals surface area contributed by atoms with Crippen molar-refractivity contribution >= 4 is 61.6 Å². The first-order valence-corrected chi connectivity index (χ1v) is 25.0. The predicted molar refractivity (Wildman–Crippen MR) is 290 cm³/mol. The van der Waals surface area contributed by atoms with Gasteiger partial charge >= 0.3 is 0 Å². The first-order valence-electron chi connectivity index (χ1n) is 25.0. The number of rotatable bonds is 5. The Bertz CT molecular complexity index is 3630. The van der Waals surface area contributed by atoms with Gasteiger partial charge in [-0.25, -0.2) is 4.98 Å².